The summed E-state index contributed by atoms with van der Waals surface area (Å²) >= 11 is 0. The van der Waals surface area contributed by atoms with E-state index in [0.29, 0.717) is 44.5 Å². The molecule has 0 radical (unpaired) electrons. The first-order valence-corrected chi connectivity index (χ1v) is 10.9. The number of pyridine rings is 1. The van der Waals surface area contributed by atoms with E-state index in [1.54, 1.807) is 25.1 Å². The molecule has 29 heavy (non-hydrogen) atoms. The van der Waals surface area contributed by atoms with E-state index in [9.17, 15) is 21.6 Å². The Hall–Kier alpha value is -2.13. The molecular weight excluding hydrogens is 405 g/mol. The van der Waals surface area contributed by atoms with Crippen molar-refractivity contribution in [2.45, 2.75) is 43.2 Å². The quantitative estimate of drug-likeness (QED) is 0.747. The van der Waals surface area contributed by atoms with Crippen molar-refractivity contribution < 1.29 is 26.3 Å². The predicted octanol–water partition coefficient (Wildman–Crippen LogP) is 3.91. The zero-order valence-corrected chi connectivity index (χ0v) is 16.7. The van der Waals surface area contributed by atoms with Crippen LogP contribution in [0.4, 0.5) is 13.2 Å². The summed E-state index contributed by atoms with van der Waals surface area (Å²) in [5, 5.41) is 0. The Morgan fingerprint density at radius 3 is 2.55 bits per heavy atom. The minimum atomic E-state index is -4.47. The number of ether oxygens (including phenoxy) is 1. The molecular formula is C20H21F3N2O3S. The van der Waals surface area contributed by atoms with Crippen LogP contribution in [0.25, 0.3) is 0 Å². The number of hydrogen-bond acceptors (Lipinski definition) is 4. The Morgan fingerprint density at radius 1 is 1.17 bits per heavy atom. The molecule has 5 nitrogen and oxygen atoms in total. The predicted molar refractivity (Wildman–Crippen MR) is 100 cm³/mol. The third-order valence-corrected chi connectivity index (χ3v) is 7.53. The van der Waals surface area contributed by atoms with Crippen LogP contribution in [0, 0.1) is 6.92 Å². The molecule has 1 aromatic heterocycles. The Bertz CT molecular complexity index is 1030. The molecule has 0 spiro atoms. The van der Waals surface area contributed by atoms with Crippen molar-refractivity contribution in [3.63, 3.8) is 0 Å². The monoisotopic (exact) mass is 426 g/mol. The zero-order valence-electron chi connectivity index (χ0n) is 15.9. The van der Waals surface area contributed by atoms with Gasteiger partial charge in [-0.15, -0.1) is 0 Å². The second-order valence-electron chi connectivity index (χ2n) is 7.47. The van der Waals surface area contributed by atoms with Crippen LogP contribution in [0.5, 0.6) is 5.75 Å². The van der Waals surface area contributed by atoms with Gasteiger partial charge in [-0.25, -0.2) is 8.42 Å². The van der Waals surface area contributed by atoms with Crippen LogP contribution in [-0.4, -0.2) is 37.4 Å². The van der Waals surface area contributed by atoms with Crippen LogP contribution < -0.4 is 4.74 Å². The lowest BCUT2D eigenvalue weighted by molar-refractivity contribution is -0.141. The SMILES string of the molecule is Cc1cc(C(F)(F)F)ncc1C1CCN(S(=O)(=O)c2ccc3c(c2)CCO3)CC1. The van der Waals surface area contributed by atoms with E-state index in [1.807, 2.05) is 0 Å². The molecule has 0 aliphatic carbocycles. The molecule has 0 N–H and O–H groups in total. The third-order valence-electron chi connectivity index (χ3n) is 5.63. The fourth-order valence-electron chi connectivity index (χ4n) is 4.03. The summed E-state index contributed by atoms with van der Waals surface area (Å²) in [6, 6.07) is 5.99. The number of piperidine rings is 1. The average molecular weight is 426 g/mol. The van der Waals surface area contributed by atoms with Gasteiger partial charge in [0, 0.05) is 25.7 Å². The van der Waals surface area contributed by atoms with Crippen molar-refractivity contribution >= 4 is 10.0 Å². The fourth-order valence-corrected chi connectivity index (χ4v) is 5.55. The number of fused-ring (bicyclic) bond motifs is 1. The molecule has 0 saturated carbocycles. The molecule has 9 heteroatoms. The topological polar surface area (TPSA) is 59.5 Å². The van der Waals surface area contributed by atoms with Crippen molar-refractivity contribution in [1.82, 2.24) is 9.29 Å². The lowest BCUT2D eigenvalue weighted by Gasteiger charge is -2.32. The Morgan fingerprint density at radius 2 is 1.90 bits per heavy atom. The standard InChI is InChI=1S/C20H21F3N2O3S/c1-13-10-19(20(21,22)23)24-12-17(13)14-4-7-25(8-5-14)29(26,27)16-2-3-18-15(11-16)6-9-28-18/h2-3,10-12,14H,4-9H2,1H3. The first-order valence-electron chi connectivity index (χ1n) is 9.46. The molecule has 2 aliphatic rings. The molecule has 0 atom stereocenters. The maximum atomic E-state index is 13.0. The van der Waals surface area contributed by atoms with Crippen molar-refractivity contribution in [2.24, 2.45) is 0 Å². The van der Waals surface area contributed by atoms with E-state index in [0.717, 1.165) is 22.9 Å². The van der Waals surface area contributed by atoms with Gasteiger partial charge in [-0.2, -0.15) is 17.5 Å². The molecule has 156 valence electrons. The molecule has 0 amide bonds. The summed E-state index contributed by atoms with van der Waals surface area (Å²) in [7, 11) is -3.61. The Balaban J connectivity index is 1.48. The van der Waals surface area contributed by atoms with Gasteiger partial charge in [0.2, 0.25) is 10.0 Å². The van der Waals surface area contributed by atoms with Crippen molar-refractivity contribution in [3.8, 4) is 5.75 Å². The lowest BCUT2D eigenvalue weighted by atomic mass is 9.88. The summed E-state index contributed by atoms with van der Waals surface area (Å²) in [5.41, 5.74) is 1.28. The normalized spacial score (nSPS) is 18.5. The summed E-state index contributed by atoms with van der Waals surface area (Å²) in [4.78, 5) is 3.82. The van der Waals surface area contributed by atoms with E-state index >= 15 is 0 Å². The number of aromatic nitrogens is 1. The smallest absolute Gasteiger partial charge is 0.433 e. The molecule has 0 bridgehead atoms. The van der Waals surface area contributed by atoms with Crippen LogP contribution in [0.3, 0.4) is 0 Å². The van der Waals surface area contributed by atoms with Gasteiger partial charge in [-0.1, -0.05) is 0 Å². The average Bonchev–Trinajstić information content (AvgIpc) is 3.15. The molecule has 2 aliphatic heterocycles. The highest BCUT2D eigenvalue weighted by atomic mass is 32.2. The molecule has 2 aromatic rings. The van der Waals surface area contributed by atoms with E-state index in [-0.39, 0.29) is 10.8 Å². The Labute approximate surface area is 167 Å². The van der Waals surface area contributed by atoms with Gasteiger partial charge in [-0.3, -0.25) is 4.98 Å². The number of halogens is 3. The minimum Gasteiger partial charge on any atom is -0.493 e. The van der Waals surface area contributed by atoms with Gasteiger partial charge < -0.3 is 4.74 Å². The fraction of sp³-hybridized carbons (Fsp3) is 0.450. The number of rotatable bonds is 3. The van der Waals surface area contributed by atoms with Crippen LogP contribution >= 0.6 is 0 Å². The number of sulfonamides is 1. The highest BCUT2D eigenvalue weighted by Gasteiger charge is 2.34. The number of aryl methyl sites for hydroxylation is 1. The van der Waals surface area contributed by atoms with Gasteiger partial charge in [0.1, 0.15) is 11.4 Å². The second kappa shape index (κ2) is 7.28. The molecule has 4 rings (SSSR count). The minimum absolute atomic E-state index is 0.00958. The molecule has 0 unspecified atom stereocenters. The van der Waals surface area contributed by atoms with Crippen molar-refractivity contribution in [2.75, 3.05) is 19.7 Å². The number of hydrogen-bond donors (Lipinski definition) is 0. The highest BCUT2D eigenvalue weighted by molar-refractivity contribution is 7.89. The zero-order chi connectivity index (χ0) is 20.8. The third kappa shape index (κ3) is 3.85. The molecule has 1 aromatic carbocycles. The Kier molecular flexibility index (Phi) is 5.06. The maximum absolute atomic E-state index is 13.0. The highest BCUT2D eigenvalue weighted by Crippen LogP contribution is 2.35. The number of nitrogens with zero attached hydrogens (tertiary/aromatic N) is 2. The molecule has 1 saturated heterocycles. The second-order valence-corrected chi connectivity index (χ2v) is 9.41. The van der Waals surface area contributed by atoms with Crippen molar-refractivity contribution in [1.29, 1.82) is 0 Å². The van der Waals surface area contributed by atoms with Gasteiger partial charge >= 0.3 is 6.18 Å². The summed E-state index contributed by atoms with van der Waals surface area (Å²) in [6.45, 7) is 2.84. The van der Waals surface area contributed by atoms with Crippen LogP contribution in [0.2, 0.25) is 0 Å². The van der Waals surface area contributed by atoms with Crippen LogP contribution in [0.1, 0.15) is 41.1 Å². The first kappa shape index (κ1) is 20.2. The van der Waals surface area contributed by atoms with E-state index in [2.05, 4.69) is 4.98 Å². The number of benzene rings is 1. The summed E-state index contributed by atoms with van der Waals surface area (Å²) < 4.78 is 71.4. The molecule has 1 fully saturated rings. The summed E-state index contributed by atoms with van der Waals surface area (Å²) in [5.74, 6) is 0.720. The van der Waals surface area contributed by atoms with Crippen LogP contribution in [0.15, 0.2) is 35.4 Å². The largest absolute Gasteiger partial charge is 0.493 e. The van der Waals surface area contributed by atoms with Gasteiger partial charge in [0.15, 0.2) is 0 Å². The maximum Gasteiger partial charge on any atom is 0.433 e. The van der Waals surface area contributed by atoms with Gasteiger partial charge in [0.25, 0.3) is 0 Å². The van der Waals surface area contributed by atoms with Gasteiger partial charge in [0.05, 0.1) is 11.5 Å². The van der Waals surface area contributed by atoms with E-state index in [1.165, 1.54) is 10.5 Å². The summed E-state index contributed by atoms with van der Waals surface area (Å²) in [6.07, 6.45) is -1.40. The van der Waals surface area contributed by atoms with Crippen molar-refractivity contribution in [3.05, 3.63) is 52.8 Å². The van der Waals surface area contributed by atoms with Crippen LogP contribution in [-0.2, 0) is 22.6 Å². The number of alkyl halides is 3. The van der Waals surface area contributed by atoms with E-state index in [4.69, 9.17) is 4.74 Å². The first-order chi connectivity index (χ1) is 13.7. The molecule has 3 heterocycles. The van der Waals surface area contributed by atoms with E-state index < -0.39 is 21.9 Å². The van der Waals surface area contributed by atoms with Gasteiger partial charge in [-0.05, 0) is 66.6 Å². The lowest BCUT2D eigenvalue weighted by Crippen LogP contribution is -2.38.